The van der Waals surface area contributed by atoms with Gasteiger partial charge in [0.1, 0.15) is 6.33 Å². The average Bonchev–Trinajstić information content (AvgIpc) is 2.65. The molecular weight excluding hydrogens is 234 g/mol. The summed E-state index contributed by atoms with van der Waals surface area (Å²) in [6.07, 6.45) is 9.12. The van der Waals surface area contributed by atoms with Crippen LogP contribution >= 0.6 is 0 Å². The Labute approximate surface area is 117 Å². The van der Waals surface area contributed by atoms with E-state index < -0.39 is 0 Å². The van der Waals surface area contributed by atoms with Crippen molar-refractivity contribution in [1.82, 2.24) is 15.3 Å². The molecule has 3 heteroatoms. The van der Waals surface area contributed by atoms with Crippen molar-refractivity contribution < 1.29 is 0 Å². The molecule has 2 unspecified atom stereocenters. The monoisotopic (exact) mass is 261 g/mol. The third kappa shape index (κ3) is 3.33. The van der Waals surface area contributed by atoms with Gasteiger partial charge in [0.05, 0.1) is 5.69 Å². The second kappa shape index (κ2) is 6.99. The van der Waals surface area contributed by atoms with Gasteiger partial charge in [0.15, 0.2) is 0 Å². The molecule has 0 aromatic carbocycles. The number of nitrogens with zero attached hydrogens (tertiary/aromatic N) is 2. The molecule has 0 spiro atoms. The second-order valence-electron chi connectivity index (χ2n) is 5.61. The van der Waals surface area contributed by atoms with Gasteiger partial charge in [-0.2, -0.15) is 0 Å². The Kier molecular flexibility index (Phi) is 5.32. The summed E-state index contributed by atoms with van der Waals surface area (Å²) in [5.74, 6) is 0.509. The maximum absolute atomic E-state index is 4.66. The maximum Gasteiger partial charge on any atom is 0.115 e. The van der Waals surface area contributed by atoms with Gasteiger partial charge in [-0.3, -0.25) is 0 Å². The van der Waals surface area contributed by atoms with E-state index in [0.717, 1.165) is 19.4 Å². The van der Waals surface area contributed by atoms with Gasteiger partial charge in [0.25, 0.3) is 0 Å². The predicted octanol–water partition coefficient (Wildman–Crippen LogP) is 3.24. The highest BCUT2D eigenvalue weighted by molar-refractivity contribution is 5.29. The maximum atomic E-state index is 4.66. The highest BCUT2D eigenvalue weighted by atomic mass is 14.9. The Hall–Kier alpha value is -0.960. The van der Waals surface area contributed by atoms with Crippen LogP contribution in [0.25, 0.3) is 0 Å². The molecule has 106 valence electrons. The number of aryl methyl sites for hydroxylation is 1. The number of nitrogens with one attached hydrogen (secondary N) is 1. The molecule has 1 N–H and O–H groups in total. The average molecular weight is 261 g/mol. The van der Waals surface area contributed by atoms with Crippen LogP contribution in [-0.4, -0.2) is 22.6 Å². The van der Waals surface area contributed by atoms with E-state index in [-0.39, 0.29) is 0 Å². The summed E-state index contributed by atoms with van der Waals surface area (Å²) in [5, 5.41) is 3.56. The lowest BCUT2D eigenvalue weighted by Crippen LogP contribution is -2.33. The lowest BCUT2D eigenvalue weighted by Gasteiger charge is -2.25. The lowest BCUT2D eigenvalue weighted by molar-refractivity contribution is 0.448. The van der Waals surface area contributed by atoms with Crippen LogP contribution in [0.2, 0.25) is 0 Å². The largest absolute Gasteiger partial charge is 0.314 e. The summed E-state index contributed by atoms with van der Waals surface area (Å²) in [6, 6.07) is 0.484. The van der Waals surface area contributed by atoms with Gasteiger partial charge in [-0.15, -0.1) is 0 Å². The number of aromatic nitrogens is 2. The van der Waals surface area contributed by atoms with E-state index >= 15 is 0 Å². The molecule has 0 amide bonds. The fourth-order valence-electron chi connectivity index (χ4n) is 3.29. The molecule has 0 bridgehead atoms. The quantitative estimate of drug-likeness (QED) is 0.827. The molecule has 1 aliphatic carbocycles. The van der Waals surface area contributed by atoms with Gasteiger partial charge in [0.2, 0.25) is 0 Å². The van der Waals surface area contributed by atoms with Crippen LogP contribution in [-0.2, 0) is 12.8 Å². The van der Waals surface area contributed by atoms with E-state index in [1.165, 1.54) is 42.6 Å². The molecule has 1 aliphatic rings. The summed E-state index contributed by atoms with van der Waals surface area (Å²) >= 11 is 0. The number of likely N-dealkylation sites (N-methyl/N-ethyl adjacent to an activating group) is 1. The van der Waals surface area contributed by atoms with Gasteiger partial charge in [0, 0.05) is 17.7 Å². The minimum Gasteiger partial charge on any atom is -0.314 e. The van der Waals surface area contributed by atoms with Crippen LogP contribution in [0.15, 0.2) is 6.33 Å². The summed E-state index contributed by atoms with van der Waals surface area (Å²) < 4.78 is 0. The van der Waals surface area contributed by atoms with Gasteiger partial charge in [-0.25, -0.2) is 9.97 Å². The molecule has 0 saturated carbocycles. The number of hydrogen-bond acceptors (Lipinski definition) is 3. The molecule has 0 radical (unpaired) electrons. The van der Waals surface area contributed by atoms with E-state index in [9.17, 15) is 0 Å². The number of hydrogen-bond donors (Lipinski definition) is 1. The summed E-state index contributed by atoms with van der Waals surface area (Å²) in [7, 11) is 0. The van der Waals surface area contributed by atoms with Crippen molar-refractivity contribution in [3.63, 3.8) is 0 Å². The first-order valence-corrected chi connectivity index (χ1v) is 7.83. The molecule has 0 aliphatic heterocycles. The lowest BCUT2D eigenvalue weighted by atomic mass is 9.89. The minimum absolute atomic E-state index is 0.484. The molecule has 1 aromatic heterocycles. The first-order valence-electron chi connectivity index (χ1n) is 7.83. The van der Waals surface area contributed by atoms with Crippen molar-refractivity contribution in [1.29, 1.82) is 0 Å². The van der Waals surface area contributed by atoms with E-state index in [1.54, 1.807) is 6.33 Å². The van der Waals surface area contributed by atoms with Crippen molar-refractivity contribution in [3.8, 4) is 0 Å². The fourth-order valence-corrected chi connectivity index (χ4v) is 3.29. The van der Waals surface area contributed by atoms with Gasteiger partial charge < -0.3 is 5.32 Å². The van der Waals surface area contributed by atoms with E-state index in [2.05, 4.69) is 36.1 Å². The highest BCUT2D eigenvalue weighted by Crippen LogP contribution is 2.29. The van der Waals surface area contributed by atoms with Crippen molar-refractivity contribution in [3.05, 3.63) is 23.3 Å². The molecule has 0 saturated heterocycles. The minimum atomic E-state index is 0.484. The van der Waals surface area contributed by atoms with Crippen LogP contribution in [0.3, 0.4) is 0 Å². The smallest absolute Gasteiger partial charge is 0.115 e. The van der Waals surface area contributed by atoms with Gasteiger partial charge in [-0.1, -0.05) is 20.3 Å². The Bertz CT molecular complexity index is 403. The highest BCUT2D eigenvalue weighted by Gasteiger charge is 2.23. The Morgan fingerprint density at radius 3 is 2.68 bits per heavy atom. The summed E-state index contributed by atoms with van der Waals surface area (Å²) in [4.78, 5) is 9.19. The first kappa shape index (κ1) is 14.4. The molecular formula is C16H27N3. The van der Waals surface area contributed by atoms with Crippen LogP contribution < -0.4 is 5.32 Å². The fraction of sp³-hybridized carbons (Fsp3) is 0.750. The van der Waals surface area contributed by atoms with E-state index in [4.69, 9.17) is 0 Å². The van der Waals surface area contributed by atoms with Crippen molar-refractivity contribution in [2.45, 2.75) is 71.3 Å². The zero-order chi connectivity index (χ0) is 13.7. The molecule has 19 heavy (non-hydrogen) atoms. The third-order valence-electron chi connectivity index (χ3n) is 4.33. The molecule has 1 heterocycles. The first-order chi connectivity index (χ1) is 9.27. The van der Waals surface area contributed by atoms with E-state index in [0.29, 0.717) is 12.0 Å². The topological polar surface area (TPSA) is 37.8 Å². The van der Waals surface area contributed by atoms with Crippen LogP contribution in [0.4, 0.5) is 0 Å². The SMILES string of the molecule is CCNC(C)C(CC)c1ncnc2c1CCCCC2. The standard InChI is InChI=1S/C16H27N3/c1-4-13(12(3)17-5-2)16-14-9-7-6-8-10-15(14)18-11-19-16/h11-13,17H,4-10H2,1-3H3. The molecule has 0 fully saturated rings. The van der Waals surface area contributed by atoms with Crippen molar-refractivity contribution in [2.75, 3.05) is 6.54 Å². The van der Waals surface area contributed by atoms with Crippen molar-refractivity contribution >= 4 is 0 Å². The summed E-state index contributed by atoms with van der Waals surface area (Å²) in [5.41, 5.74) is 4.07. The Morgan fingerprint density at radius 1 is 1.16 bits per heavy atom. The molecule has 2 rings (SSSR count). The second-order valence-corrected chi connectivity index (χ2v) is 5.61. The summed E-state index contributed by atoms with van der Waals surface area (Å²) in [6.45, 7) is 7.74. The van der Waals surface area contributed by atoms with E-state index in [1.807, 2.05) is 0 Å². The van der Waals surface area contributed by atoms with Gasteiger partial charge >= 0.3 is 0 Å². The Balaban J connectivity index is 2.32. The zero-order valence-corrected chi connectivity index (χ0v) is 12.6. The molecule has 1 aromatic rings. The Morgan fingerprint density at radius 2 is 1.95 bits per heavy atom. The molecule has 3 nitrogen and oxygen atoms in total. The number of rotatable bonds is 5. The van der Waals surface area contributed by atoms with Gasteiger partial charge in [-0.05, 0) is 51.1 Å². The van der Waals surface area contributed by atoms with Crippen molar-refractivity contribution in [2.24, 2.45) is 0 Å². The van der Waals surface area contributed by atoms with Crippen LogP contribution in [0, 0.1) is 0 Å². The zero-order valence-electron chi connectivity index (χ0n) is 12.6. The van der Waals surface area contributed by atoms with Crippen LogP contribution in [0.1, 0.15) is 69.3 Å². The third-order valence-corrected chi connectivity index (χ3v) is 4.33. The van der Waals surface area contributed by atoms with Crippen LogP contribution in [0.5, 0.6) is 0 Å². The molecule has 2 atom stereocenters. The normalized spacial score (nSPS) is 18.5. The number of fused-ring (bicyclic) bond motifs is 1. The predicted molar refractivity (Wildman–Crippen MR) is 79.5 cm³/mol.